The molecule has 0 aliphatic carbocycles. The van der Waals surface area contributed by atoms with Crippen LogP contribution < -0.4 is 0 Å². The van der Waals surface area contributed by atoms with Crippen molar-refractivity contribution < 1.29 is 18.3 Å². The van der Waals surface area contributed by atoms with E-state index in [0.29, 0.717) is 31.6 Å². The highest BCUT2D eigenvalue weighted by Gasteiger charge is 2.33. The van der Waals surface area contributed by atoms with Gasteiger partial charge < -0.3 is 5.11 Å². The molecule has 2 atom stereocenters. The van der Waals surface area contributed by atoms with Gasteiger partial charge in [-0.05, 0) is 18.1 Å². The number of β-amino-alcohol motifs (C(OH)–C–C–N with tert-alkyl or cyclic N) is 1. The van der Waals surface area contributed by atoms with Gasteiger partial charge in [-0.3, -0.25) is 14.9 Å². The highest BCUT2D eigenvalue weighted by molar-refractivity contribution is 5.25. The van der Waals surface area contributed by atoms with E-state index in [-0.39, 0.29) is 5.92 Å². The Morgan fingerprint density at radius 3 is 2.75 bits per heavy atom. The average Bonchev–Trinajstić information content (AvgIpc) is 2.87. The molecule has 3 rings (SSSR count). The third kappa shape index (κ3) is 4.10. The molecule has 24 heavy (non-hydrogen) atoms. The van der Waals surface area contributed by atoms with Crippen molar-refractivity contribution in [2.75, 3.05) is 13.1 Å². The zero-order valence-corrected chi connectivity index (χ0v) is 12.9. The van der Waals surface area contributed by atoms with Gasteiger partial charge >= 0.3 is 6.18 Å². The average molecular weight is 337 g/mol. The van der Waals surface area contributed by atoms with Gasteiger partial charge in [0.2, 0.25) is 0 Å². The second-order valence-corrected chi connectivity index (χ2v) is 6.12. The van der Waals surface area contributed by atoms with E-state index in [2.05, 4.69) is 9.97 Å². The van der Waals surface area contributed by atoms with Crippen molar-refractivity contribution >= 4 is 0 Å². The predicted octanol–water partition coefficient (Wildman–Crippen LogP) is 2.53. The summed E-state index contributed by atoms with van der Waals surface area (Å²) in [6, 6.07) is 5.33. The fourth-order valence-corrected chi connectivity index (χ4v) is 3.08. The highest BCUT2D eigenvalue weighted by atomic mass is 19.4. The van der Waals surface area contributed by atoms with E-state index in [1.54, 1.807) is 24.7 Å². The third-order valence-corrected chi connectivity index (χ3v) is 4.23. The Kier molecular flexibility index (Phi) is 4.82. The van der Waals surface area contributed by atoms with Crippen LogP contribution >= 0.6 is 0 Å². The molecule has 1 aromatic heterocycles. The van der Waals surface area contributed by atoms with Crippen LogP contribution in [0, 0.1) is 5.92 Å². The van der Waals surface area contributed by atoms with Crippen LogP contribution in [-0.4, -0.2) is 39.2 Å². The number of nitrogens with zero attached hydrogens (tertiary/aromatic N) is 3. The number of rotatable bonds is 4. The molecule has 0 bridgehead atoms. The number of alkyl halides is 3. The SMILES string of the molecule is O[C@@H]1CN(Cc2cccc(C(F)(F)F)c2)C[C@H]1Cc1cnccn1. The lowest BCUT2D eigenvalue weighted by atomic mass is 10.0. The maximum atomic E-state index is 12.8. The summed E-state index contributed by atoms with van der Waals surface area (Å²) in [6.45, 7) is 1.45. The van der Waals surface area contributed by atoms with Crippen LogP contribution in [0.4, 0.5) is 13.2 Å². The Hall–Kier alpha value is -1.99. The van der Waals surface area contributed by atoms with Crippen molar-refractivity contribution in [3.8, 4) is 0 Å². The first-order chi connectivity index (χ1) is 11.4. The molecule has 0 saturated carbocycles. The molecule has 128 valence electrons. The van der Waals surface area contributed by atoms with Crippen molar-refractivity contribution in [2.24, 2.45) is 5.92 Å². The zero-order valence-electron chi connectivity index (χ0n) is 12.9. The fraction of sp³-hybridized carbons (Fsp3) is 0.412. The smallest absolute Gasteiger partial charge is 0.391 e. The molecule has 2 aromatic rings. The minimum atomic E-state index is -4.34. The summed E-state index contributed by atoms with van der Waals surface area (Å²) in [7, 11) is 0. The number of benzene rings is 1. The summed E-state index contributed by atoms with van der Waals surface area (Å²) in [4.78, 5) is 10.2. The third-order valence-electron chi connectivity index (χ3n) is 4.23. The number of hydrogen-bond acceptors (Lipinski definition) is 4. The topological polar surface area (TPSA) is 49.2 Å². The van der Waals surface area contributed by atoms with Crippen molar-refractivity contribution in [1.29, 1.82) is 0 Å². The van der Waals surface area contributed by atoms with E-state index in [4.69, 9.17) is 0 Å². The zero-order chi connectivity index (χ0) is 17.2. The van der Waals surface area contributed by atoms with Crippen LogP contribution in [0.2, 0.25) is 0 Å². The largest absolute Gasteiger partial charge is 0.416 e. The molecule has 2 heterocycles. The maximum absolute atomic E-state index is 12.8. The molecule has 4 nitrogen and oxygen atoms in total. The summed E-state index contributed by atoms with van der Waals surface area (Å²) in [5.74, 6) is 0.00694. The van der Waals surface area contributed by atoms with E-state index in [1.807, 2.05) is 4.90 Å². The van der Waals surface area contributed by atoms with E-state index in [9.17, 15) is 18.3 Å². The lowest BCUT2D eigenvalue weighted by molar-refractivity contribution is -0.137. The maximum Gasteiger partial charge on any atom is 0.416 e. The first-order valence-electron chi connectivity index (χ1n) is 7.73. The van der Waals surface area contributed by atoms with Crippen LogP contribution in [0.25, 0.3) is 0 Å². The monoisotopic (exact) mass is 337 g/mol. The number of hydrogen-bond donors (Lipinski definition) is 1. The number of aromatic nitrogens is 2. The molecule has 0 amide bonds. The van der Waals surface area contributed by atoms with E-state index >= 15 is 0 Å². The number of likely N-dealkylation sites (tertiary alicyclic amines) is 1. The molecule has 0 spiro atoms. The van der Waals surface area contributed by atoms with Crippen molar-refractivity contribution in [1.82, 2.24) is 14.9 Å². The molecule has 1 aliphatic rings. The lowest BCUT2D eigenvalue weighted by Crippen LogP contribution is -2.21. The summed E-state index contributed by atoms with van der Waals surface area (Å²) >= 11 is 0. The summed E-state index contributed by atoms with van der Waals surface area (Å²) in [6.07, 6.45) is 0.620. The van der Waals surface area contributed by atoms with E-state index in [0.717, 1.165) is 11.8 Å². The number of aliphatic hydroxyl groups excluding tert-OH is 1. The van der Waals surface area contributed by atoms with Gasteiger partial charge in [-0.25, -0.2) is 0 Å². The molecule has 7 heteroatoms. The first kappa shape index (κ1) is 16.9. The lowest BCUT2D eigenvalue weighted by Gasteiger charge is -2.16. The molecule has 0 unspecified atom stereocenters. The Bertz CT molecular complexity index is 678. The Morgan fingerprint density at radius 2 is 2.04 bits per heavy atom. The second kappa shape index (κ2) is 6.86. The van der Waals surface area contributed by atoms with Gasteiger partial charge in [-0.2, -0.15) is 13.2 Å². The van der Waals surface area contributed by atoms with Gasteiger partial charge in [-0.1, -0.05) is 18.2 Å². The second-order valence-electron chi connectivity index (χ2n) is 6.12. The summed E-state index contributed by atoms with van der Waals surface area (Å²) in [5.41, 5.74) is 0.760. The van der Waals surface area contributed by atoms with Crippen molar-refractivity contribution in [2.45, 2.75) is 25.2 Å². The molecular formula is C17H18F3N3O. The van der Waals surface area contributed by atoms with Crippen molar-refractivity contribution in [3.63, 3.8) is 0 Å². The van der Waals surface area contributed by atoms with Gasteiger partial charge in [0, 0.05) is 44.1 Å². The molecule has 1 saturated heterocycles. The van der Waals surface area contributed by atoms with Crippen LogP contribution in [0.15, 0.2) is 42.9 Å². The normalized spacial score (nSPS) is 22.0. The van der Waals surface area contributed by atoms with E-state index in [1.165, 1.54) is 12.1 Å². The fourth-order valence-electron chi connectivity index (χ4n) is 3.08. The molecule has 1 aliphatic heterocycles. The van der Waals surface area contributed by atoms with Gasteiger partial charge in [-0.15, -0.1) is 0 Å². The predicted molar refractivity (Wildman–Crippen MR) is 82.0 cm³/mol. The highest BCUT2D eigenvalue weighted by Crippen LogP contribution is 2.30. The minimum Gasteiger partial charge on any atom is -0.391 e. The summed E-state index contributed by atoms with van der Waals surface area (Å²) < 4.78 is 38.3. The van der Waals surface area contributed by atoms with Crippen LogP contribution in [0.3, 0.4) is 0 Å². The van der Waals surface area contributed by atoms with Crippen LogP contribution in [0.1, 0.15) is 16.8 Å². The Balaban J connectivity index is 1.63. The quantitative estimate of drug-likeness (QED) is 0.931. The number of aliphatic hydroxyl groups is 1. The van der Waals surface area contributed by atoms with Gasteiger partial charge in [0.1, 0.15) is 0 Å². The molecule has 1 aromatic carbocycles. The van der Waals surface area contributed by atoms with Crippen LogP contribution in [0.5, 0.6) is 0 Å². The van der Waals surface area contributed by atoms with Gasteiger partial charge in [0.25, 0.3) is 0 Å². The Labute approximate surface area is 138 Å². The first-order valence-corrected chi connectivity index (χ1v) is 7.73. The van der Waals surface area contributed by atoms with E-state index < -0.39 is 17.8 Å². The van der Waals surface area contributed by atoms with Crippen LogP contribution in [-0.2, 0) is 19.1 Å². The minimum absolute atomic E-state index is 0.00694. The molecule has 1 N–H and O–H groups in total. The summed E-state index contributed by atoms with van der Waals surface area (Å²) in [5, 5.41) is 10.2. The standard InChI is InChI=1S/C17H18F3N3O/c18-17(19,20)14-3-1-2-12(6-14)9-23-10-13(16(24)11-23)7-15-8-21-4-5-22-15/h1-6,8,13,16,24H,7,9-11H2/t13-,16-/m1/s1. The van der Waals surface area contributed by atoms with Gasteiger partial charge in [0.05, 0.1) is 17.4 Å². The Morgan fingerprint density at radius 1 is 1.21 bits per heavy atom. The van der Waals surface area contributed by atoms with Gasteiger partial charge in [0.15, 0.2) is 0 Å². The van der Waals surface area contributed by atoms with Crippen molar-refractivity contribution in [3.05, 3.63) is 59.7 Å². The molecule has 1 fully saturated rings. The number of halogens is 3. The molecule has 0 radical (unpaired) electrons. The molecular weight excluding hydrogens is 319 g/mol.